The second-order valence-corrected chi connectivity index (χ2v) is 6.44. The van der Waals surface area contributed by atoms with Crippen molar-refractivity contribution >= 4 is 6.03 Å². The van der Waals surface area contributed by atoms with Gasteiger partial charge in [0.25, 0.3) is 0 Å². The standard InChI is InChI=1S/C16H24N6O3/c1-12(2)15-18-14(25-20-15)3-5-17-16(23)22-8-6-21(7-9-22)11-13-4-10-24-19-13/h4,10,12H,3,5-9,11H2,1-2H3,(H,17,23). The summed E-state index contributed by atoms with van der Waals surface area (Å²) < 4.78 is 10.0. The summed E-state index contributed by atoms with van der Waals surface area (Å²) in [6.07, 6.45) is 2.12. The van der Waals surface area contributed by atoms with E-state index in [0.717, 1.165) is 25.3 Å². The fourth-order valence-corrected chi connectivity index (χ4v) is 2.65. The van der Waals surface area contributed by atoms with Gasteiger partial charge in [-0.25, -0.2) is 4.79 Å². The fourth-order valence-electron chi connectivity index (χ4n) is 2.65. The molecule has 3 rings (SSSR count). The third-order valence-corrected chi connectivity index (χ3v) is 4.15. The van der Waals surface area contributed by atoms with Crippen molar-refractivity contribution in [3.05, 3.63) is 29.7 Å². The van der Waals surface area contributed by atoms with Gasteiger partial charge >= 0.3 is 6.03 Å². The molecule has 0 saturated carbocycles. The van der Waals surface area contributed by atoms with Crippen molar-refractivity contribution in [1.82, 2.24) is 30.4 Å². The summed E-state index contributed by atoms with van der Waals surface area (Å²) in [5.41, 5.74) is 0.915. The first-order valence-corrected chi connectivity index (χ1v) is 8.58. The van der Waals surface area contributed by atoms with Crippen LogP contribution in [0, 0.1) is 0 Å². The highest BCUT2D eigenvalue weighted by molar-refractivity contribution is 5.74. The average molecular weight is 348 g/mol. The van der Waals surface area contributed by atoms with Gasteiger partial charge in [0.1, 0.15) is 6.26 Å². The minimum atomic E-state index is -0.0512. The number of amides is 2. The van der Waals surface area contributed by atoms with Crippen LogP contribution in [0.4, 0.5) is 4.79 Å². The highest BCUT2D eigenvalue weighted by atomic mass is 16.5. The molecule has 1 aliphatic heterocycles. The molecule has 1 aliphatic rings. The highest BCUT2D eigenvalue weighted by Crippen LogP contribution is 2.10. The fraction of sp³-hybridized carbons (Fsp3) is 0.625. The van der Waals surface area contributed by atoms with Crippen molar-refractivity contribution < 1.29 is 13.8 Å². The van der Waals surface area contributed by atoms with E-state index in [1.807, 2.05) is 24.8 Å². The molecule has 1 N–H and O–H groups in total. The second kappa shape index (κ2) is 8.11. The van der Waals surface area contributed by atoms with Gasteiger partial charge < -0.3 is 19.3 Å². The number of nitrogens with one attached hydrogen (secondary N) is 1. The van der Waals surface area contributed by atoms with E-state index in [9.17, 15) is 4.79 Å². The van der Waals surface area contributed by atoms with Crippen molar-refractivity contribution in [2.75, 3.05) is 32.7 Å². The zero-order valence-corrected chi connectivity index (χ0v) is 14.6. The Morgan fingerprint density at radius 2 is 2.08 bits per heavy atom. The monoisotopic (exact) mass is 348 g/mol. The second-order valence-electron chi connectivity index (χ2n) is 6.44. The van der Waals surface area contributed by atoms with E-state index >= 15 is 0 Å². The molecule has 3 heterocycles. The Bertz CT molecular complexity index is 661. The number of piperazine rings is 1. The van der Waals surface area contributed by atoms with Crippen molar-refractivity contribution in [3.63, 3.8) is 0 Å². The van der Waals surface area contributed by atoms with E-state index in [0.29, 0.717) is 37.8 Å². The first kappa shape index (κ1) is 17.4. The molecule has 1 fully saturated rings. The van der Waals surface area contributed by atoms with Crippen LogP contribution in [-0.2, 0) is 13.0 Å². The van der Waals surface area contributed by atoms with Gasteiger partial charge in [-0.05, 0) is 0 Å². The van der Waals surface area contributed by atoms with Crippen LogP contribution in [0.1, 0.15) is 37.2 Å². The number of nitrogens with zero attached hydrogens (tertiary/aromatic N) is 5. The van der Waals surface area contributed by atoms with Gasteiger partial charge in [0.2, 0.25) is 5.89 Å². The van der Waals surface area contributed by atoms with E-state index in [1.54, 1.807) is 6.26 Å². The van der Waals surface area contributed by atoms with Crippen molar-refractivity contribution in [2.45, 2.75) is 32.7 Å². The quantitative estimate of drug-likeness (QED) is 0.838. The number of rotatable bonds is 6. The van der Waals surface area contributed by atoms with Crippen LogP contribution < -0.4 is 5.32 Å². The lowest BCUT2D eigenvalue weighted by Gasteiger charge is -2.34. The Morgan fingerprint density at radius 3 is 2.72 bits per heavy atom. The lowest BCUT2D eigenvalue weighted by molar-refractivity contribution is 0.133. The first-order chi connectivity index (χ1) is 12.1. The predicted octanol–water partition coefficient (Wildman–Crippen LogP) is 1.25. The van der Waals surface area contributed by atoms with Crippen LogP contribution in [0.3, 0.4) is 0 Å². The SMILES string of the molecule is CC(C)c1noc(CCNC(=O)N2CCN(Cc3ccon3)CC2)n1. The molecular formula is C16H24N6O3. The van der Waals surface area contributed by atoms with E-state index in [-0.39, 0.29) is 11.9 Å². The largest absolute Gasteiger partial charge is 0.364 e. The Hall–Kier alpha value is -2.42. The normalized spacial score (nSPS) is 15.7. The Morgan fingerprint density at radius 1 is 1.28 bits per heavy atom. The van der Waals surface area contributed by atoms with Gasteiger partial charge in [-0.15, -0.1) is 0 Å². The minimum absolute atomic E-state index is 0.0512. The van der Waals surface area contributed by atoms with Crippen LogP contribution in [0.25, 0.3) is 0 Å². The number of carbonyl (C=O) groups is 1. The molecule has 0 radical (unpaired) electrons. The molecule has 0 atom stereocenters. The zero-order valence-electron chi connectivity index (χ0n) is 14.6. The Labute approximate surface area is 146 Å². The first-order valence-electron chi connectivity index (χ1n) is 8.58. The summed E-state index contributed by atoms with van der Waals surface area (Å²) >= 11 is 0. The molecule has 2 aromatic heterocycles. The molecule has 0 aliphatic carbocycles. The third kappa shape index (κ3) is 4.79. The van der Waals surface area contributed by atoms with Gasteiger partial charge in [0.05, 0.1) is 5.69 Å². The molecule has 0 unspecified atom stereocenters. The van der Waals surface area contributed by atoms with Gasteiger partial charge in [-0.1, -0.05) is 24.2 Å². The molecular weight excluding hydrogens is 324 g/mol. The summed E-state index contributed by atoms with van der Waals surface area (Å²) in [6.45, 7) is 8.29. The summed E-state index contributed by atoms with van der Waals surface area (Å²) in [6, 6.07) is 1.81. The Kier molecular flexibility index (Phi) is 5.64. The smallest absolute Gasteiger partial charge is 0.317 e. The maximum atomic E-state index is 12.2. The molecule has 25 heavy (non-hydrogen) atoms. The predicted molar refractivity (Wildman–Crippen MR) is 88.8 cm³/mol. The molecule has 2 aromatic rings. The van der Waals surface area contributed by atoms with Crippen LogP contribution in [0.5, 0.6) is 0 Å². The van der Waals surface area contributed by atoms with Crippen LogP contribution in [-0.4, -0.2) is 63.9 Å². The topological polar surface area (TPSA) is 101 Å². The molecule has 136 valence electrons. The third-order valence-electron chi connectivity index (χ3n) is 4.15. The van der Waals surface area contributed by atoms with E-state index in [4.69, 9.17) is 9.05 Å². The van der Waals surface area contributed by atoms with Crippen molar-refractivity contribution in [3.8, 4) is 0 Å². The van der Waals surface area contributed by atoms with Gasteiger partial charge in [0, 0.05) is 57.7 Å². The van der Waals surface area contributed by atoms with E-state index in [1.165, 1.54) is 0 Å². The van der Waals surface area contributed by atoms with Gasteiger partial charge in [0.15, 0.2) is 5.82 Å². The van der Waals surface area contributed by atoms with Crippen LogP contribution >= 0.6 is 0 Å². The Balaban J connectivity index is 1.36. The summed E-state index contributed by atoms with van der Waals surface area (Å²) in [5, 5.41) is 10.7. The lowest BCUT2D eigenvalue weighted by Crippen LogP contribution is -2.51. The molecule has 2 amide bonds. The van der Waals surface area contributed by atoms with Crippen molar-refractivity contribution in [1.29, 1.82) is 0 Å². The zero-order chi connectivity index (χ0) is 17.6. The molecule has 0 aromatic carbocycles. The number of hydrogen-bond acceptors (Lipinski definition) is 7. The number of hydrogen-bond donors (Lipinski definition) is 1. The summed E-state index contributed by atoms with van der Waals surface area (Å²) in [5.74, 6) is 1.49. The van der Waals surface area contributed by atoms with Gasteiger partial charge in [-0.2, -0.15) is 4.98 Å². The summed E-state index contributed by atoms with van der Waals surface area (Å²) in [4.78, 5) is 20.6. The number of urea groups is 1. The average Bonchev–Trinajstić information content (AvgIpc) is 3.27. The molecule has 0 spiro atoms. The molecule has 1 saturated heterocycles. The highest BCUT2D eigenvalue weighted by Gasteiger charge is 2.21. The molecule has 9 nitrogen and oxygen atoms in total. The maximum Gasteiger partial charge on any atom is 0.317 e. The lowest BCUT2D eigenvalue weighted by atomic mass is 10.2. The summed E-state index contributed by atoms with van der Waals surface area (Å²) in [7, 11) is 0. The minimum Gasteiger partial charge on any atom is -0.364 e. The van der Waals surface area contributed by atoms with E-state index < -0.39 is 0 Å². The van der Waals surface area contributed by atoms with Crippen LogP contribution in [0.2, 0.25) is 0 Å². The van der Waals surface area contributed by atoms with Crippen LogP contribution in [0.15, 0.2) is 21.4 Å². The molecule has 0 bridgehead atoms. The van der Waals surface area contributed by atoms with Gasteiger partial charge in [-0.3, -0.25) is 4.90 Å². The number of carbonyl (C=O) groups excluding carboxylic acids is 1. The maximum absolute atomic E-state index is 12.2. The number of aromatic nitrogens is 3. The van der Waals surface area contributed by atoms with E-state index in [2.05, 4.69) is 25.5 Å². The van der Waals surface area contributed by atoms with Crippen molar-refractivity contribution in [2.24, 2.45) is 0 Å². The molecule has 9 heteroatoms.